The highest BCUT2D eigenvalue weighted by atomic mass is 79.9. The molecule has 0 aliphatic rings. The Bertz CT molecular complexity index is 398. The second kappa shape index (κ2) is 5.24. The third-order valence-corrected chi connectivity index (χ3v) is 2.76. The lowest BCUT2D eigenvalue weighted by molar-refractivity contribution is 0.500. The van der Waals surface area contributed by atoms with Crippen LogP contribution in [0.15, 0.2) is 16.6 Å². The minimum Gasteiger partial charge on any atom is -0.300 e. The van der Waals surface area contributed by atoms with Crippen LogP contribution < -0.4 is 5.32 Å². The molecular weight excluding hydrogens is 264 g/mol. The van der Waals surface area contributed by atoms with E-state index in [0.717, 1.165) is 6.07 Å². The van der Waals surface area contributed by atoms with Gasteiger partial charge in [-0.2, -0.15) is 0 Å². The molecule has 0 amide bonds. The van der Waals surface area contributed by atoms with E-state index < -0.39 is 17.7 Å². The molecule has 1 aromatic rings. The van der Waals surface area contributed by atoms with E-state index in [4.69, 9.17) is 6.42 Å². The highest BCUT2D eigenvalue weighted by Crippen LogP contribution is 2.27. The van der Waals surface area contributed by atoms with E-state index in [1.165, 1.54) is 6.07 Å². The van der Waals surface area contributed by atoms with Gasteiger partial charge in [0.1, 0.15) is 0 Å². The van der Waals surface area contributed by atoms with E-state index in [-0.39, 0.29) is 4.47 Å². The van der Waals surface area contributed by atoms with Crippen molar-refractivity contribution in [2.75, 3.05) is 6.54 Å². The van der Waals surface area contributed by atoms with Crippen LogP contribution >= 0.6 is 15.9 Å². The fourth-order valence-corrected chi connectivity index (χ4v) is 1.78. The number of terminal acetylenes is 1. The van der Waals surface area contributed by atoms with Crippen LogP contribution in [0.2, 0.25) is 0 Å². The van der Waals surface area contributed by atoms with E-state index in [1.807, 2.05) is 6.92 Å². The molecule has 0 aliphatic heterocycles. The topological polar surface area (TPSA) is 12.0 Å². The van der Waals surface area contributed by atoms with Gasteiger partial charge in [-0.1, -0.05) is 18.9 Å². The van der Waals surface area contributed by atoms with E-state index in [9.17, 15) is 8.78 Å². The number of hydrogen-bond donors (Lipinski definition) is 1. The first kappa shape index (κ1) is 12.2. The first-order valence-corrected chi connectivity index (χ1v) is 5.24. The Morgan fingerprint density at radius 2 is 2.20 bits per heavy atom. The lowest BCUT2D eigenvalue weighted by Crippen LogP contribution is -2.20. The molecule has 0 aromatic heterocycles. The largest absolute Gasteiger partial charge is 0.300 e. The van der Waals surface area contributed by atoms with Gasteiger partial charge in [0.25, 0.3) is 0 Å². The summed E-state index contributed by atoms with van der Waals surface area (Å²) in [6.45, 7) is 2.54. The van der Waals surface area contributed by atoms with Gasteiger partial charge in [0.15, 0.2) is 11.6 Å². The monoisotopic (exact) mass is 273 g/mol. The summed E-state index contributed by atoms with van der Waals surface area (Å²) in [4.78, 5) is 0. The Kier molecular flexibility index (Phi) is 4.25. The molecule has 0 heterocycles. The van der Waals surface area contributed by atoms with Crippen LogP contribution in [0, 0.1) is 24.0 Å². The Morgan fingerprint density at radius 1 is 1.53 bits per heavy atom. The third kappa shape index (κ3) is 2.55. The van der Waals surface area contributed by atoms with Gasteiger partial charge >= 0.3 is 0 Å². The highest BCUT2D eigenvalue weighted by Gasteiger charge is 2.16. The van der Waals surface area contributed by atoms with Crippen LogP contribution in [0.5, 0.6) is 0 Å². The quantitative estimate of drug-likeness (QED) is 0.660. The van der Waals surface area contributed by atoms with Crippen molar-refractivity contribution in [1.29, 1.82) is 0 Å². The summed E-state index contributed by atoms with van der Waals surface area (Å²) in [5.41, 5.74) is 0.526. The molecule has 0 aliphatic carbocycles. The summed E-state index contributed by atoms with van der Waals surface area (Å²) in [6, 6.07) is 2.12. The van der Waals surface area contributed by atoms with Gasteiger partial charge < -0.3 is 5.32 Å². The van der Waals surface area contributed by atoms with Crippen molar-refractivity contribution in [3.05, 3.63) is 33.8 Å². The van der Waals surface area contributed by atoms with Crippen molar-refractivity contribution < 1.29 is 8.78 Å². The maximum absolute atomic E-state index is 13.2. The lowest BCUT2D eigenvalue weighted by atomic mass is 10.1. The molecule has 15 heavy (non-hydrogen) atoms. The fraction of sp³-hybridized carbons (Fsp3) is 0.273. The van der Waals surface area contributed by atoms with Crippen molar-refractivity contribution in [3.63, 3.8) is 0 Å². The first-order valence-electron chi connectivity index (χ1n) is 4.44. The Balaban J connectivity index is 3.15. The van der Waals surface area contributed by atoms with Crippen molar-refractivity contribution in [2.45, 2.75) is 13.0 Å². The molecule has 0 fully saturated rings. The molecule has 0 saturated heterocycles. The standard InChI is InChI=1S/C11H10BrF2N/c1-3-9(15-4-2)7-5-6-8(13)11(14)10(7)12/h1,5-6,9,15H,4H2,2H3. The average molecular weight is 274 g/mol. The average Bonchev–Trinajstić information content (AvgIpc) is 2.24. The lowest BCUT2D eigenvalue weighted by Gasteiger charge is -2.14. The van der Waals surface area contributed by atoms with Gasteiger partial charge in [-0.3, -0.25) is 0 Å². The van der Waals surface area contributed by atoms with Crippen molar-refractivity contribution in [3.8, 4) is 12.3 Å². The van der Waals surface area contributed by atoms with Gasteiger partial charge in [-0.05, 0) is 34.1 Å². The van der Waals surface area contributed by atoms with Crippen LogP contribution in [0.4, 0.5) is 8.78 Å². The molecule has 1 nitrogen and oxygen atoms in total. The number of nitrogens with one attached hydrogen (secondary N) is 1. The molecule has 4 heteroatoms. The third-order valence-electron chi connectivity index (χ3n) is 1.95. The van der Waals surface area contributed by atoms with Gasteiger partial charge in [-0.15, -0.1) is 6.42 Å². The Morgan fingerprint density at radius 3 is 2.73 bits per heavy atom. The van der Waals surface area contributed by atoms with Gasteiger partial charge in [0.2, 0.25) is 0 Å². The summed E-state index contributed by atoms with van der Waals surface area (Å²) in [6.07, 6.45) is 5.30. The van der Waals surface area contributed by atoms with Crippen molar-refractivity contribution in [1.82, 2.24) is 5.32 Å². The molecule has 0 bridgehead atoms. The van der Waals surface area contributed by atoms with Gasteiger partial charge in [0, 0.05) is 0 Å². The molecule has 1 N–H and O–H groups in total. The molecule has 0 spiro atoms. The number of benzene rings is 1. The van der Waals surface area contributed by atoms with Crippen LogP contribution in [0.25, 0.3) is 0 Å². The predicted octanol–water partition coefficient (Wildman–Crippen LogP) is 3.01. The minimum absolute atomic E-state index is 0.0754. The maximum atomic E-state index is 13.2. The second-order valence-electron chi connectivity index (χ2n) is 2.92. The molecule has 80 valence electrons. The van der Waals surface area contributed by atoms with Crippen LogP contribution in [0.3, 0.4) is 0 Å². The summed E-state index contributed by atoms with van der Waals surface area (Å²) < 4.78 is 26.1. The van der Waals surface area contributed by atoms with Crippen molar-refractivity contribution in [2.24, 2.45) is 0 Å². The normalized spacial score (nSPS) is 12.2. The number of hydrogen-bond acceptors (Lipinski definition) is 1. The zero-order chi connectivity index (χ0) is 11.4. The van der Waals surface area contributed by atoms with Crippen LogP contribution in [-0.2, 0) is 0 Å². The molecule has 0 saturated carbocycles. The molecule has 0 radical (unpaired) electrons. The number of rotatable bonds is 3. The van der Waals surface area contributed by atoms with Crippen LogP contribution in [-0.4, -0.2) is 6.54 Å². The first-order chi connectivity index (χ1) is 7.11. The van der Waals surface area contributed by atoms with E-state index in [2.05, 4.69) is 27.2 Å². The molecule has 1 atom stereocenters. The molecule has 1 unspecified atom stereocenters. The summed E-state index contributed by atoms with van der Waals surface area (Å²) in [7, 11) is 0. The van der Waals surface area contributed by atoms with E-state index in [1.54, 1.807) is 0 Å². The maximum Gasteiger partial charge on any atom is 0.173 e. The summed E-state index contributed by atoms with van der Waals surface area (Å²) in [5.74, 6) is 0.674. The molecule has 1 aromatic carbocycles. The summed E-state index contributed by atoms with van der Waals surface area (Å²) >= 11 is 2.99. The van der Waals surface area contributed by atoms with Crippen LogP contribution in [0.1, 0.15) is 18.5 Å². The smallest absolute Gasteiger partial charge is 0.173 e. The SMILES string of the molecule is C#CC(NCC)c1ccc(F)c(F)c1Br. The van der Waals surface area contributed by atoms with Gasteiger partial charge in [0.05, 0.1) is 10.5 Å². The Labute approximate surface area is 96.0 Å². The summed E-state index contributed by atoms with van der Waals surface area (Å²) in [5, 5.41) is 2.98. The molecular formula is C11H10BrF2N. The predicted molar refractivity (Wildman–Crippen MR) is 59.3 cm³/mol. The second-order valence-corrected chi connectivity index (χ2v) is 3.71. The minimum atomic E-state index is -0.911. The Hall–Kier alpha value is -0.920. The zero-order valence-electron chi connectivity index (χ0n) is 8.15. The van der Waals surface area contributed by atoms with E-state index >= 15 is 0 Å². The van der Waals surface area contributed by atoms with Crippen molar-refractivity contribution >= 4 is 15.9 Å². The molecule has 1 rings (SSSR count). The number of halogens is 3. The van der Waals surface area contributed by atoms with E-state index in [0.29, 0.717) is 12.1 Å². The highest BCUT2D eigenvalue weighted by molar-refractivity contribution is 9.10. The zero-order valence-corrected chi connectivity index (χ0v) is 9.74. The van der Waals surface area contributed by atoms with Gasteiger partial charge in [-0.25, -0.2) is 8.78 Å². The fourth-order valence-electron chi connectivity index (χ4n) is 1.23.